The van der Waals surface area contributed by atoms with Gasteiger partial charge in [-0.2, -0.15) is 0 Å². The van der Waals surface area contributed by atoms with Crippen LogP contribution in [0, 0.1) is 0 Å². The molecule has 8 N–H and O–H groups in total. The minimum atomic E-state index is -2.92. The maximum Gasteiger partial charge on any atom is 1.00 e. The van der Waals surface area contributed by atoms with E-state index in [4.69, 9.17) is 121 Å². The number of hydrogen-bond donors (Lipinski definition) is 0. The Morgan fingerprint density at radius 2 is 0.100 bits per heavy atom. The Kier molecular flexibility index (Phi) is 1020. The van der Waals surface area contributed by atoms with Crippen LogP contribution in [0.2, 0.25) is 0 Å². The molecule has 0 aliphatic heterocycles. The monoisotopic (exact) mass is 1100 g/mol. The Balaban J connectivity index is -0.00000000303. The molecular formula is H8B8Na24O28. The van der Waals surface area contributed by atoms with Gasteiger partial charge in [-0.05, 0) is 0 Å². The normalized spacial score (nSPS) is 3.60. The van der Waals surface area contributed by atoms with Gasteiger partial charge in [-0.25, -0.2) is 0 Å². The number of rotatable bonds is 0. The van der Waals surface area contributed by atoms with Crippen LogP contribution < -0.4 is 830 Å². The fraction of sp³-hybridized carbons (Fsp3) is 0. The van der Waals surface area contributed by atoms with Crippen LogP contribution in [0.5, 0.6) is 0 Å². The molecule has 60 heavy (non-hydrogen) atoms. The van der Waals surface area contributed by atoms with Crippen LogP contribution in [-0.4, -0.2) is 80.5 Å². The number of hydrogen-bond acceptors (Lipinski definition) is 24. The Labute approximate surface area is 884 Å². The first-order valence-electron chi connectivity index (χ1n) is 5.66. The van der Waals surface area contributed by atoms with Crippen molar-refractivity contribution < 1.29 is 852 Å². The van der Waals surface area contributed by atoms with Gasteiger partial charge in [0.05, 0.1) is 0 Å². The molecule has 0 radical (unpaired) electrons. The minimum absolute atomic E-state index is 0. The SMILES string of the molecule is O.O.O.O.[Na+].[Na+].[Na+].[Na+].[Na+].[Na+].[Na+].[Na+].[Na+].[Na+].[Na+].[Na+].[Na+].[Na+].[Na+].[Na+].[Na+].[Na+].[Na+].[Na+].[Na+].[Na+].[Na+].[Na+].[O-]B([O-])[O-].[O-]B([O-])[O-].[O-]B([O-])[O-].[O-]B([O-])[O-].[O-]B([O-])[O-].[O-]B([O-])[O-].[O-]B([O-])[O-].[O-]B([O-])[O-]. The van der Waals surface area contributed by atoms with E-state index in [0.29, 0.717) is 0 Å². The molecule has 0 heterocycles. The summed E-state index contributed by atoms with van der Waals surface area (Å²) in [7, 11) is -23.3. The van der Waals surface area contributed by atoms with E-state index in [-0.39, 0.29) is 731 Å². The molecule has 0 saturated carbocycles. The molecule has 0 aliphatic carbocycles. The van der Waals surface area contributed by atoms with Gasteiger partial charge in [-0.15, -0.1) is 0 Å². The van der Waals surface area contributed by atoms with Crippen molar-refractivity contribution >= 4 is 58.6 Å². The first-order valence-corrected chi connectivity index (χ1v) is 5.66. The molecule has 0 amide bonds. The molecule has 0 saturated heterocycles. The van der Waals surface area contributed by atoms with Crippen LogP contribution >= 0.6 is 0 Å². The third-order valence-corrected chi connectivity index (χ3v) is 0. The van der Waals surface area contributed by atoms with Gasteiger partial charge in [0.25, 0.3) is 0 Å². The topological polar surface area (TPSA) is 679 Å². The molecule has 0 aromatic rings. The average molecular weight is 1090 g/mol. The molecule has 0 atom stereocenters. The zero-order valence-corrected chi connectivity index (χ0v) is 88.4. The first kappa shape index (κ1) is 252. The second-order valence-electron chi connectivity index (χ2n) is 2.31. The summed E-state index contributed by atoms with van der Waals surface area (Å²) in [5, 5.41) is 202. The molecule has 0 aromatic heterocycles. The molecular weight excluding hydrogens is 1090 g/mol. The standard InChI is InChI=1S/8BO3.24Na.4H2O/c8*2-1(3)4;;;;;;;;;;;;;;;;;;;;;;;;;;;;/h;;;;;;;;;;;;;;;;;;;;;;;;;;;;;;;;4*1H2/q8*-3;24*+1;;;;. The second-order valence-corrected chi connectivity index (χ2v) is 2.31. The van der Waals surface area contributed by atoms with Crippen molar-refractivity contribution in [1.29, 1.82) is 0 Å². The summed E-state index contributed by atoms with van der Waals surface area (Å²) < 4.78 is 0. The van der Waals surface area contributed by atoms with Gasteiger partial charge >= 0.3 is 709 Å². The molecule has 0 rings (SSSR count). The van der Waals surface area contributed by atoms with Gasteiger partial charge in [-0.3, -0.25) is 58.6 Å². The van der Waals surface area contributed by atoms with Gasteiger partial charge in [0.15, 0.2) is 0 Å². The maximum atomic E-state index is 8.42. The van der Waals surface area contributed by atoms with E-state index in [2.05, 4.69) is 0 Å². The largest absolute Gasteiger partial charge is 1.00 e. The maximum absolute atomic E-state index is 8.42. The summed E-state index contributed by atoms with van der Waals surface area (Å²) >= 11 is 0. The molecule has 224 valence electrons. The Morgan fingerprint density at radius 1 is 0.100 bits per heavy atom. The Hall–Kier alpha value is 23.4. The van der Waals surface area contributed by atoms with E-state index >= 15 is 0 Å². The van der Waals surface area contributed by atoms with E-state index < -0.39 is 58.6 Å². The zero-order chi connectivity index (χ0) is 28.6. The third kappa shape index (κ3) is 961. The van der Waals surface area contributed by atoms with E-state index in [1.807, 2.05) is 0 Å². The Morgan fingerprint density at radius 3 is 0.100 bits per heavy atom. The molecule has 0 fully saturated rings. The van der Waals surface area contributed by atoms with Crippen molar-refractivity contribution in [2.45, 2.75) is 0 Å². The fourth-order valence-corrected chi connectivity index (χ4v) is 0. The van der Waals surface area contributed by atoms with Crippen molar-refractivity contribution in [2.24, 2.45) is 0 Å². The van der Waals surface area contributed by atoms with Crippen LogP contribution in [-0.2, 0) is 0 Å². The van der Waals surface area contributed by atoms with Gasteiger partial charge in [0.2, 0.25) is 0 Å². The van der Waals surface area contributed by atoms with Crippen LogP contribution in [0.25, 0.3) is 0 Å². The molecule has 0 unspecified atom stereocenters. The van der Waals surface area contributed by atoms with Crippen molar-refractivity contribution in [3.05, 3.63) is 0 Å². The summed E-state index contributed by atoms with van der Waals surface area (Å²) in [6.45, 7) is 0. The van der Waals surface area contributed by atoms with Gasteiger partial charge in [-0.1, -0.05) is 0 Å². The summed E-state index contributed by atoms with van der Waals surface area (Å²) in [5.41, 5.74) is 0. The van der Waals surface area contributed by atoms with Crippen LogP contribution in [0.1, 0.15) is 0 Å². The van der Waals surface area contributed by atoms with Crippen LogP contribution in [0.15, 0.2) is 0 Å². The van der Waals surface area contributed by atoms with Gasteiger partial charge in [0.1, 0.15) is 0 Å². The van der Waals surface area contributed by atoms with Crippen LogP contribution in [0.4, 0.5) is 0 Å². The minimum Gasteiger partial charge on any atom is -0.907 e. The quantitative estimate of drug-likeness (QED) is 0.203. The predicted molar refractivity (Wildman–Crippen MR) is 60.5 cm³/mol. The molecule has 28 nitrogen and oxygen atoms in total. The molecule has 0 aromatic carbocycles. The molecule has 60 heteroatoms. The summed E-state index contributed by atoms with van der Waals surface area (Å²) in [6, 6.07) is 0. The van der Waals surface area contributed by atoms with Gasteiger partial charge < -0.3 is 142 Å². The average Bonchev–Trinajstić information content (AvgIpc) is 2.30. The first-order chi connectivity index (χ1) is 13.9. The van der Waals surface area contributed by atoms with E-state index in [9.17, 15) is 0 Å². The van der Waals surface area contributed by atoms with Crippen molar-refractivity contribution in [3.8, 4) is 0 Å². The molecule has 0 spiro atoms. The molecule has 0 bridgehead atoms. The predicted octanol–water partition coefficient (Wildman–Crippen LogP) is -107. The van der Waals surface area contributed by atoms with E-state index in [0.717, 1.165) is 0 Å². The summed E-state index contributed by atoms with van der Waals surface area (Å²) in [6.07, 6.45) is 0. The van der Waals surface area contributed by atoms with Crippen LogP contribution in [0.3, 0.4) is 0 Å². The third-order valence-electron chi connectivity index (χ3n) is 0. The molecule has 0 aliphatic rings. The summed E-state index contributed by atoms with van der Waals surface area (Å²) in [5.74, 6) is 0. The smallest absolute Gasteiger partial charge is 0.907 e. The van der Waals surface area contributed by atoms with Crippen molar-refractivity contribution in [1.82, 2.24) is 0 Å². The van der Waals surface area contributed by atoms with Gasteiger partial charge in [0, 0.05) is 0 Å². The van der Waals surface area contributed by atoms with Crippen molar-refractivity contribution in [3.63, 3.8) is 0 Å². The zero-order valence-electron chi connectivity index (χ0n) is 40.4. The van der Waals surface area contributed by atoms with E-state index in [1.165, 1.54) is 0 Å². The van der Waals surface area contributed by atoms with Crippen molar-refractivity contribution in [2.75, 3.05) is 0 Å². The Bertz CT molecular complexity index is 196. The van der Waals surface area contributed by atoms with E-state index in [1.54, 1.807) is 0 Å². The fourth-order valence-electron chi connectivity index (χ4n) is 0. The second kappa shape index (κ2) is 243. The summed E-state index contributed by atoms with van der Waals surface area (Å²) in [4.78, 5) is 0.